The molecule has 1 radical (unpaired) electrons. The van der Waals surface area contributed by atoms with Gasteiger partial charge in [0.25, 0.3) is 0 Å². The molecule has 0 rings (SSSR count). The number of unbranched alkanes of at least 4 members (excludes halogenated alkanes) is 2. The molecule has 0 nitrogen and oxygen atoms in total. The second kappa shape index (κ2) is 5.87. The topological polar surface area (TPSA) is 0 Å². The van der Waals surface area contributed by atoms with E-state index in [2.05, 4.69) is 20.8 Å². The smallest absolute Gasteiger partial charge is 0.0313 e. The minimum absolute atomic E-state index is 1.23. The highest BCUT2D eigenvalue weighted by atomic mass is 13.9. The molecule has 0 atom stereocenters. The van der Waals surface area contributed by atoms with Crippen LogP contribution in [0.15, 0.2) is 11.6 Å². The molecule has 0 aromatic carbocycles. The Morgan fingerprint density at radius 3 is 2.56 bits per heavy atom. The molecule has 0 aliphatic heterocycles. The lowest BCUT2D eigenvalue weighted by atomic mass is 10.1. The lowest BCUT2D eigenvalue weighted by Crippen LogP contribution is -1.76. The summed E-state index contributed by atoms with van der Waals surface area (Å²) in [6.45, 7) is 8.07. The predicted octanol–water partition coefficient (Wildman–Crippen LogP) is 3.35. The van der Waals surface area contributed by atoms with Gasteiger partial charge in [-0.2, -0.15) is 0 Å². The van der Waals surface area contributed by atoms with E-state index >= 15 is 0 Å². The molecule has 0 aromatic heterocycles. The van der Waals surface area contributed by atoms with Crippen LogP contribution >= 0.6 is 0 Å². The Hall–Kier alpha value is -0.260. The summed E-state index contributed by atoms with van der Waals surface area (Å²) in [6, 6.07) is 0. The third-order valence-electron chi connectivity index (χ3n) is 1.52. The first-order valence-electron chi connectivity index (χ1n) is 3.76. The number of hydrogen-bond acceptors (Lipinski definition) is 0. The maximum atomic E-state index is 3.70. The van der Waals surface area contributed by atoms with Crippen molar-refractivity contribution < 1.29 is 0 Å². The highest BCUT2D eigenvalue weighted by Crippen LogP contribution is 2.06. The van der Waals surface area contributed by atoms with E-state index in [-0.39, 0.29) is 0 Å². The molecule has 9 heavy (non-hydrogen) atoms. The quantitative estimate of drug-likeness (QED) is 0.505. The molecule has 0 bridgehead atoms. The van der Waals surface area contributed by atoms with E-state index < -0.39 is 0 Å². The monoisotopic (exact) mass is 125 g/mol. The molecule has 0 aromatic rings. The summed E-state index contributed by atoms with van der Waals surface area (Å²) in [6.07, 6.45) is 7.18. The van der Waals surface area contributed by atoms with Crippen molar-refractivity contribution in [3.05, 3.63) is 18.6 Å². The van der Waals surface area contributed by atoms with Gasteiger partial charge in [0, 0.05) is 0 Å². The molecule has 0 spiro atoms. The van der Waals surface area contributed by atoms with Crippen molar-refractivity contribution in [3.63, 3.8) is 0 Å². The molecule has 0 aliphatic carbocycles. The van der Waals surface area contributed by atoms with Gasteiger partial charge in [0.15, 0.2) is 0 Å². The van der Waals surface area contributed by atoms with Gasteiger partial charge in [0.05, 0.1) is 0 Å². The summed E-state index contributed by atoms with van der Waals surface area (Å²) in [4.78, 5) is 0. The Bertz CT molecular complexity index is 80.0. The highest BCUT2D eigenvalue weighted by Gasteiger charge is 1.86. The zero-order valence-corrected chi connectivity index (χ0v) is 6.61. The molecule has 0 unspecified atom stereocenters. The zero-order valence-electron chi connectivity index (χ0n) is 6.61. The summed E-state index contributed by atoms with van der Waals surface area (Å²) in [5.74, 6) is 0. The van der Waals surface area contributed by atoms with Crippen LogP contribution in [0.3, 0.4) is 0 Å². The van der Waals surface area contributed by atoms with Gasteiger partial charge in [-0.15, -0.1) is 0 Å². The van der Waals surface area contributed by atoms with Crippen LogP contribution in [0.4, 0.5) is 0 Å². The minimum atomic E-state index is 1.23. The van der Waals surface area contributed by atoms with Crippen LogP contribution in [0.25, 0.3) is 0 Å². The van der Waals surface area contributed by atoms with Crippen LogP contribution in [0.1, 0.15) is 39.5 Å². The van der Waals surface area contributed by atoms with E-state index in [4.69, 9.17) is 0 Å². The zero-order chi connectivity index (χ0) is 7.11. The summed E-state index contributed by atoms with van der Waals surface area (Å²) in [5.41, 5.74) is 1.42. The average Bonchev–Trinajstić information content (AvgIpc) is 1.89. The SMILES string of the molecule is [CH2]/C=C(\C)CCCCC. The first-order chi connectivity index (χ1) is 4.31. The Labute approximate surface area is 59.0 Å². The fourth-order valence-electron chi connectivity index (χ4n) is 0.756. The molecule has 0 saturated carbocycles. The summed E-state index contributed by atoms with van der Waals surface area (Å²) < 4.78 is 0. The van der Waals surface area contributed by atoms with Crippen molar-refractivity contribution in [2.75, 3.05) is 0 Å². The van der Waals surface area contributed by atoms with Gasteiger partial charge < -0.3 is 0 Å². The number of hydrogen-bond donors (Lipinski definition) is 0. The van der Waals surface area contributed by atoms with Crippen molar-refractivity contribution in [2.24, 2.45) is 0 Å². The Balaban J connectivity index is 3.07. The Morgan fingerprint density at radius 2 is 2.11 bits per heavy atom. The minimum Gasteiger partial charge on any atom is -0.0853 e. The van der Waals surface area contributed by atoms with Crippen LogP contribution in [0.5, 0.6) is 0 Å². The maximum absolute atomic E-state index is 3.70. The summed E-state index contributed by atoms with van der Waals surface area (Å²) >= 11 is 0. The van der Waals surface area contributed by atoms with Gasteiger partial charge in [-0.1, -0.05) is 31.4 Å². The first kappa shape index (κ1) is 8.74. The van der Waals surface area contributed by atoms with E-state index in [0.29, 0.717) is 0 Å². The molecular weight excluding hydrogens is 108 g/mol. The molecule has 0 amide bonds. The van der Waals surface area contributed by atoms with Crippen LogP contribution in [0, 0.1) is 6.92 Å². The molecule has 0 heteroatoms. The Kier molecular flexibility index (Phi) is 5.70. The van der Waals surface area contributed by atoms with Crippen LogP contribution < -0.4 is 0 Å². The van der Waals surface area contributed by atoms with Crippen LogP contribution in [-0.4, -0.2) is 0 Å². The van der Waals surface area contributed by atoms with Gasteiger partial charge in [0.1, 0.15) is 0 Å². The lowest BCUT2D eigenvalue weighted by molar-refractivity contribution is 0.713. The lowest BCUT2D eigenvalue weighted by Gasteiger charge is -1.96. The third kappa shape index (κ3) is 5.61. The van der Waals surface area contributed by atoms with Gasteiger partial charge in [-0.25, -0.2) is 0 Å². The number of allylic oxidation sites excluding steroid dienone is 2. The van der Waals surface area contributed by atoms with E-state index in [1.54, 1.807) is 0 Å². The Morgan fingerprint density at radius 1 is 1.44 bits per heavy atom. The van der Waals surface area contributed by atoms with Gasteiger partial charge >= 0.3 is 0 Å². The van der Waals surface area contributed by atoms with Gasteiger partial charge in [-0.05, 0) is 26.7 Å². The molecule has 0 saturated heterocycles. The maximum Gasteiger partial charge on any atom is -0.0313 e. The van der Waals surface area contributed by atoms with Crippen LogP contribution in [-0.2, 0) is 0 Å². The number of rotatable bonds is 4. The van der Waals surface area contributed by atoms with Crippen molar-refractivity contribution in [3.8, 4) is 0 Å². The van der Waals surface area contributed by atoms with Gasteiger partial charge in [-0.3, -0.25) is 0 Å². The van der Waals surface area contributed by atoms with Crippen molar-refractivity contribution in [2.45, 2.75) is 39.5 Å². The van der Waals surface area contributed by atoms with E-state index in [1.165, 1.54) is 31.3 Å². The molecule has 0 fully saturated rings. The van der Waals surface area contributed by atoms with E-state index in [0.717, 1.165) is 0 Å². The predicted molar refractivity (Wildman–Crippen MR) is 43.3 cm³/mol. The van der Waals surface area contributed by atoms with Crippen molar-refractivity contribution in [1.82, 2.24) is 0 Å². The molecule has 0 aliphatic rings. The largest absolute Gasteiger partial charge is 0.0853 e. The molecular formula is C9H17. The second-order valence-corrected chi connectivity index (χ2v) is 2.51. The van der Waals surface area contributed by atoms with Crippen molar-refractivity contribution >= 4 is 0 Å². The molecule has 0 N–H and O–H groups in total. The fraction of sp³-hybridized carbons (Fsp3) is 0.667. The second-order valence-electron chi connectivity index (χ2n) is 2.51. The molecule has 53 valence electrons. The van der Waals surface area contributed by atoms with E-state index in [9.17, 15) is 0 Å². The normalized spacial score (nSPS) is 12.1. The van der Waals surface area contributed by atoms with Crippen molar-refractivity contribution in [1.29, 1.82) is 0 Å². The molecule has 0 heterocycles. The standard InChI is InChI=1S/C9H17/c1-4-6-7-8-9(3)5-2/h5H,2,4,6-8H2,1,3H3/b9-5+. The first-order valence-corrected chi connectivity index (χ1v) is 3.76. The fourth-order valence-corrected chi connectivity index (χ4v) is 0.756. The average molecular weight is 125 g/mol. The van der Waals surface area contributed by atoms with Gasteiger partial charge in [0.2, 0.25) is 0 Å². The van der Waals surface area contributed by atoms with E-state index in [1.807, 2.05) is 6.08 Å². The van der Waals surface area contributed by atoms with Crippen LogP contribution in [0.2, 0.25) is 0 Å². The highest BCUT2D eigenvalue weighted by molar-refractivity contribution is 4.98. The summed E-state index contributed by atoms with van der Waals surface area (Å²) in [5, 5.41) is 0. The third-order valence-corrected chi connectivity index (χ3v) is 1.52. The summed E-state index contributed by atoms with van der Waals surface area (Å²) in [7, 11) is 0.